The number of esters is 1. The van der Waals surface area contributed by atoms with Crippen LogP contribution in [0.2, 0.25) is 0 Å². The number of aliphatic imine (C=N–C) groups is 2. The van der Waals surface area contributed by atoms with E-state index in [-0.39, 0.29) is 5.84 Å². The highest BCUT2D eigenvalue weighted by atomic mass is 16.6. The van der Waals surface area contributed by atoms with Crippen LogP contribution in [-0.2, 0) is 9.53 Å². The van der Waals surface area contributed by atoms with Crippen LogP contribution in [0.3, 0.4) is 0 Å². The van der Waals surface area contributed by atoms with E-state index in [1.54, 1.807) is 20.8 Å². The van der Waals surface area contributed by atoms with Crippen molar-refractivity contribution in [1.29, 1.82) is 0 Å². The van der Waals surface area contributed by atoms with Crippen molar-refractivity contribution in [2.75, 3.05) is 5.32 Å². The fourth-order valence-electron chi connectivity index (χ4n) is 2.00. The zero-order valence-corrected chi connectivity index (χ0v) is 12.0. The lowest BCUT2D eigenvalue weighted by molar-refractivity contribution is -0.146. The molecule has 0 aromatic heterocycles. The SMILES string of the molecule is CC(C)(C)OC(=O)C1=NC2=NC=COc3cccc(c32)N1. The molecule has 2 aliphatic heterocycles. The summed E-state index contributed by atoms with van der Waals surface area (Å²) in [5.41, 5.74) is 0.859. The zero-order valence-electron chi connectivity index (χ0n) is 12.0. The van der Waals surface area contributed by atoms with Crippen molar-refractivity contribution in [2.45, 2.75) is 26.4 Å². The first-order valence-corrected chi connectivity index (χ1v) is 6.56. The Morgan fingerprint density at radius 3 is 2.90 bits per heavy atom. The average Bonchev–Trinajstić information content (AvgIpc) is 2.61. The quantitative estimate of drug-likeness (QED) is 0.804. The van der Waals surface area contributed by atoms with Crippen molar-refractivity contribution in [2.24, 2.45) is 9.98 Å². The van der Waals surface area contributed by atoms with Gasteiger partial charge in [0.25, 0.3) is 0 Å². The Labute approximate surface area is 122 Å². The second-order valence-electron chi connectivity index (χ2n) is 5.62. The molecular formula is C15H15N3O3. The maximum absolute atomic E-state index is 12.2. The molecule has 0 unspecified atom stereocenters. The summed E-state index contributed by atoms with van der Waals surface area (Å²) in [4.78, 5) is 20.6. The summed E-state index contributed by atoms with van der Waals surface area (Å²) in [6, 6.07) is 5.48. The maximum atomic E-state index is 12.2. The minimum atomic E-state index is -0.586. The van der Waals surface area contributed by atoms with E-state index < -0.39 is 11.6 Å². The number of benzene rings is 1. The molecule has 0 saturated carbocycles. The summed E-state index contributed by atoms with van der Waals surface area (Å²) < 4.78 is 10.8. The molecule has 0 bridgehead atoms. The number of hydrogen-bond donors (Lipinski definition) is 1. The van der Waals surface area contributed by atoms with Crippen LogP contribution in [0, 0.1) is 0 Å². The Morgan fingerprint density at radius 2 is 2.14 bits per heavy atom. The first-order valence-electron chi connectivity index (χ1n) is 6.56. The van der Waals surface area contributed by atoms with Crippen LogP contribution >= 0.6 is 0 Å². The molecule has 0 amide bonds. The molecule has 2 aliphatic rings. The first kappa shape index (κ1) is 13.4. The van der Waals surface area contributed by atoms with Gasteiger partial charge in [0.1, 0.15) is 17.6 Å². The third kappa shape index (κ3) is 2.65. The molecule has 6 heteroatoms. The van der Waals surface area contributed by atoms with Crippen LogP contribution in [-0.4, -0.2) is 23.2 Å². The average molecular weight is 285 g/mol. The lowest BCUT2D eigenvalue weighted by Gasteiger charge is -2.23. The Morgan fingerprint density at radius 1 is 1.33 bits per heavy atom. The van der Waals surface area contributed by atoms with Gasteiger partial charge in [-0.1, -0.05) is 6.07 Å². The Hall–Kier alpha value is -2.63. The molecule has 108 valence electrons. The van der Waals surface area contributed by atoms with Crippen LogP contribution in [0.4, 0.5) is 5.69 Å². The predicted octanol–water partition coefficient (Wildman–Crippen LogP) is 2.46. The number of amidine groups is 2. The molecule has 6 nitrogen and oxygen atoms in total. The summed E-state index contributed by atoms with van der Waals surface area (Å²) in [5.74, 6) is 0.660. The van der Waals surface area contributed by atoms with Gasteiger partial charge in [-0.15, -0.1) is 0 Å². The fraction of sp³-hybridized carbons (Fsp3) is 0.267. The minimum Gasteiger partial charge on any atom is -0.463 e. The van der Waals surface area contributed by atoms with Gasteiger partial charge in [-0.05, 0) is 32.9 Å². The standard InChI is InChI=1S/C15H15N3O3/c1-15(2,3)21-14(19)13-17-9-5-4-6-10-11(9)12(18-13)16-7-8-20-10/h4-8H,1-3H3,(H,16,17,18). The molecule has 21 heavy (non-hydrogen) atoms. The van der Waals surface area contributed by atoms with E-state index in [1.807, 2.05) is 18.2 Å². The highest BCUT2D eigenvalue weighted by Gasteiger charge is 2.28. The van der Waals surface area contributed by atoms with Crippen LogP contribution in [0.1, 0.15) is 26.3 Å². The predicted molar refractivity (Wildman–Crippen MR) is 79.6 cm³/mol. The molecule has 3 rings (SSSR count). The van der Waals surface area contributed by atoms with Gasteiger partial charge in [0.2, 0.25) is 5.84 Å². The highest BCUT2D eigenvalue weighted by Crippen LogP contribution is 2.32. The fourth-order valence-corrected chi connectivity index (χ4v) is 2.00. The lowest BCUT2D eigenvalue weighted by atomic mass is 10.1. The third-order valence-electron chi connectivity index (χ3n) is 2.77. The van der Waals surface area contributed by atoms with Gasteiger partial charge in [0.15, 0.2) is 5.84 Å². The topological polar surface area (TPSA) is 72.3 Å². The Kier molecular flexibility index (Phi) is 3.01. The first-order chi connectivity index (χ1) is 9.94. The second-order valence-corrected chi connectivity index (χ2v) is 5.62. The number of hydrogen-bond acceptors (Lipinski definition) is 6. The van der Waals surface area contributed by atoms with Gasteiger partial charge in [0.05, 0.1) is 17.5 Å². The molecule has 0 radical (unpaired) electrons. The molecule has 0 fully saturated rings. The van der Waals surface area contributed by atoms with E-state index >= 15 is 0 Å². The van der Waals surface area contributed by atoms with Gasteiger partial charge >= 0.3 is 5.97 Å². The van der Waals surface area contributed by atoms with E-state index in [4.69, 9.17) is 9.47 Å². The van der Waals surface area contributed by atoms with Gasteiger partial charge in [-0.2, -0.15) is 0 Å². The zero-order chi connectivity index (χ0) is 15.0. The van der Waals surface area contributed by atoms with Gasteiger partial charge in [-0.3, -0.25) is 0 Å². The molecule has 0 spiro atoms. The minimum absolute atomic E-state index is 0.114. The molecular weight excluding hydrogens is 270 g/mol. The smallest absolute Gasteiger partial charge is 0.374 e. The number of ether oxygens (including phenoxy) is 2. The number of nitrogens with one attached hydrogen (secondary N) is 1. The van der Waals surface area contributed by atoms with Crippen LogP contribution < -0.4 is 10.1 Å². The molecule has 1 aromatic carbocycles. The van der Waals surface area contributed by atoms with E-state index in [9.17, 15) is 4.79 Å². The van der Waals surface area contributed by atoms with E-state index in [0.29, 0.717) is 17.3 Å². The second kappa shape index (κ2) is 4.73. The molecule has 0 saturated heterocycles. The number of nitrogens with zero attached hydrogens (tertiary/aromatic N) is 2. The summed E-state index contributed by atoms with van der Waals surface area (Å²) in [7, 11) is 0. The number of carbonyl (C=O) groups excluding carboxylic acids is 1. The van der Waals surface area contributed by atoms with Crippen molar-refractivity contribution in [3.8, 4) is 5.75 Å². The largest absolute Gasteiger partial charge is 0.463 e. The molecule has 0 atom stereocenters. The van der Waals surface area contributed by atoms with Gasteiger partial charge in [-0.25, -0.2) is 14.8 Å². The monoisotopic (exact) mass is 285 g/mol. The molecule has 2 heterocycles. The summed E-state index contributed by atoms with van der Waals surface area (Å²) in [6.07, 6.45) is 2.98. The number of anilines is 1. The summed E-state index contributed by atoms with van der Waals surface area (Å²) >= 11 is 0. The van der Waals surface area contributed by atoms with Crippen LogP contribution in [0.15, 0.2) is 40.6 Å². The number of rotatable bonds is 1. The Balaban J connectivity index is 2.00. The third-order valence-corrected chi connectivity index (χ3v) is 2.77. The highest BCUT2D eigenvalue weighted by molar-refractivity contribution is 6.44. The molecule has 1 aromatic rings. The molecule has 0 aliphatic carbocycles. The van der Waals surface area contributed by atoms with Crippen molar-refractivity contribution in [1.82, 2.24) is 0 Å². The maximum Gasteiger partial charge on any atom is 0.374 e. The molecule has 1 N–H and O–H groups in total. The van der Waals surface area contributed by atoms with E-state index in [2.05, 4.69) is 15.3 Å². The Bertz CT molecular complexity index is 697. The van der Waals surface area contributed by atoms with Crippen molar-refractivity contribution >= 4 is 23.3 Å². The van der Waals surface area contributed by atoms with Crippen molar-refractivity contribution in [3.63, 3.8) is 0 Å². The van der Waals surface area contributed by atoms with E-state index in [0.717, 1.165) is 5.56 Å². The van der Waals surface area contributed by atoms with E-state index in [1.165, 1.54) is 12.5 Å². The van der Waals surface area contributed by atoms with Crippen LogP contribution in [0.25, 0.3) is 0 Å². The van der Waals surface area contributed by atoms with Gasteiger partial charge < -0.3 is 14.8 Å². The van der Waals surface area contributed by atoms with Crippen LogP contribution in [0.5, 0.6) is 5.75 Å². The normalized spacial score (nSPS) is 15.8. The van der Waals surface area contributed by atoms with Crippen molar-refractivity contribution < 1.29 is 14.3 Å². The summed E-state index contributed by atoms with van der Waals surface area (Å²) in [5, 5.41) is 2.97. The number of carbonyl (C=O) groups is 1. The van der Waals surface area contributed by atoms with Gasteiger partial charge in [0, 0.05) is 0 Å². The lowest BCUT2D eigenvalue weighted by Crippen LogP contribution is -2.35. The van der Waals surface area contributed by atoms with Crippen molar-refractivity contribution in [3.05, 3.63) is 36.2 Å². The summed E-state index contributed by atoms with van der Waals surface area (Å²) in [6.45, 7) is 5.42.